The van der Waals surface area contributed by atoms with E-state index in [1.54, 1.807) is 0 Å². The Hall–Kier alpha value is -5.49. The molecular weight excluding hydrogens is 599 g/mol. The number of hydrogen-bond donors (Lipinski definition) is 0. The Morgan fingerprint density at radius 2 is 0.783 bits per heavy atom. The van der Waals surface area contributed by atoms with Crippen LogP contribution in [0.25, 0.3) is 96.1 Å². The summed E-state index contributed by atoms with van der Waals surface area (Å²) in [6.07, 6.45) is 0. The fourth-order valence-electron chi connectivity index (χ4n) is 6.88. The predicted octanol–water partition coefficient (Wildman–Crippen LogP) is 11.9. The van der Waals surface area contributed by atoms with Gasteiger partial charge in [0, 0.05) is 57.0 Å². The molecule has 0 radical (unpaired) electrons. The van der Waals surface area contributed by atoms with E-state index in [0.29, 0.717) is 17.5 Å². The Morgan fingerprint density at radius 1 is 0.326 bits per heavy atom. The van der Waals surface area contributed by atoms with Crippen molar-refractivity contribution in [2.75, 3.05) is 0 Å². The highest BCUT2D eigenvalue weighted by molar-refractivity contribution is 7.26. The molecule has 3 heterocycles. The van der Waals surface area contributed by atoms with E-state index >= 15 is 0 Å². The van der Waals surface area contributed by atoms with Gasteiger partial charge in [-0.3, -0.25) is 0 Å². The van der Waals surface area contributed by atoms with Gasteiger partial charge in [0.05, 0.1) is 0 Å². The summed E-state index contributed by atoms with van der Waals surface area (Å²) < 4.78 is 4.98. The third-order valence-electron chi connectivity index (χ3n) is 8.92. The van der Waals surface area contributed by atoms with Crippen LogP contribution in [0.4, 0.5) is 0 Å². The largest absolute Gasteiger partial charge is 0.208 e. The molecule has 0 saturated heterocycles. The molecule has 0 aliphatic carbocycles. The van der Waals surface area contributed by atoms with Crippen molar-refractivity contribution in [3.63, 3.8) is 0 Å². The van der Waals surface area contributed by atoms with Crippen LogP contribution in [0.1, 0.15) is 0 Å². The highest BCUT2D eigenvalue weighted by Crippen LogP contribution is 2.45. The molecule has 5 heteroatoms. The van der Waals surface area contributed by atoms with E-state index < -0.39 is 0 Å². The quantitative estimate of drug-likeness (QED) is 0.197. The molecule has 0 spiro atoms. The van der Waals surface area contributed by atoms with Crippen LogP contribution >= 0.6 is 22.7 Å². The Morgan fingerprint density at radius 3 is 1.33 bits per heavy atom. The second-order valence-corrected chi connectivity index (χ2v) is 13.7. The zero-order valence-corrected chi connectivity index (χ0v) is 26.1. The molecule has 46 heavy (non-hydrogen) atoms. The van der Waals surface area contributed by atoms with Gasteiger partial charge in [0.25, 0.3) is 0 Å². The van der Waals surface area contributed by atoms with Crippen molar-refractivity contribution in [3.05, 3.63) is 140 Å². The van der Waals surface area contributed by atoms with E-state index in [2.05, 4.69) is 121 Å². The molecule has 3 aromatic heterocycles. The predicted molar refractivity (Wildman–Crippen MR) is 197 cm³/mol. The first kappa shape index (κ1) is 25.8. The molecule has 0 N–H and O–H groups in total. The van der Waals surface area contributed by atoms with Crippen LogP contribution in [0.3, 0.4) is 0 Å². The second-order valence-electron chi connectivity index (χ2n) is 11.6. The monoisotopic (exact) mass is 621 g/mol. The zero-order valence-electron chi connectivity index (χ0n) is 24.4. The van der Waals surface area contributed by atoms with Crippen LogP contribution < -0.4 is 0 Å². The molecule has 0 fully saturated rings. The summed E-state index contributed by atoms with van der Waals surface area (Å²) in [7, 11) is 0. The number of hydrogen-bond acceptors (Lipinski definition) is 5. The number of fused-ring (bicyclic) bond motifs is 10. The molecule has 10 aromatic rings. The highest BCUT2D eigenvalue weighted by Gasteiger charge is 2.20. The second kappa shape index (κ2) is 10.0. The molecule has 0 saturated carbocycles. The van der Waals surface area contributed by atoms with Crippen molar-refractivity contribution in [1.82, 2.24) is 15.0 Å². The summed E-state index contributed by atoms with van der Waals surface area (Å²) >= 11 is 3.64. The number of aromatic nitrogens is 3. The van der Waals surface area contributed by atoms with Gasteiger partial charge in [0.1, 0.15) is 0 Å². The highest BCUT2D eigenvalue weighted by atomic mass is 32.1. The average Bonchev–Trinajstić information content (AvgIpc) is 3.71. The first-order valence-electron chi connectivity index (χ1n) is 15.3. The van der Waals surface area contributed by atoms with E-state index in [-0.39, 0.29) is 0 Å². The molecule has 0 unspecified atom stereocenters. The third-order valence-corrected chi connectivity index (χ3v) is 11.2. The lowest BCUT2D eigenvalue weighted by Gasteiger charge is -2.11. The van der Waals surface area contributed by atoms with Crippen molar-refractivity contribution in [3.8, 4) is 34.2 Å². The maximum Gasteiger partial charge on any atom is 0.164 e. The lowest BCUT2D eigenvalue weighted by Crippen LogP contribution is -2.00. The molecule has 0 bridgehead atoms. The molecular formula is C41H23N3S2. The van der Waals surface area contributed by atoms with Crippen LogP contribution in [0, 0.1) is 0 Å². The van der Waals surface area contributed by atoms with Gasteiger partial charge in [-0.15, -0.1) is 22.7 Å². The molecule has 10 rings (SSSR count). The summed E-state index contributed by atoms with van der Waals surface area (Å²) in [5.74, 6) is 2.04. The normalized spacial score (nSPS) is 11.9. The van der Waals surface area contributed by atoms with Crippen LogP contribution in [0.15, 0.2) is 140 Å². The Kier molecular flexibility index (Phi) is 5.61. The fraction of sp³-hybridized carbons (Fsp3) is 0. The van der Waals surface area contributed by atoms with E-state index in [0.717, 1.165) is 16.7 Å². The van der Waals surface area contributed by atoms with Gasteiger partial charge in [-0.25, -0.2) is 15.0 Å². The first-order valence-corrected chi connectivity index (χ1v) is 16.9. The SMILES string of the molecule is c1ccc(-c2nc(-c3cccc4sc5ccc6ccccc6c5c34)nc(-c3cccc4sc5ccc6ccccc6c5c34)n2)cc1. The lowest BCUT2D eigenvalue weighted by atomic mass is 9.99. The minimum absolute atomic E-state index is 0.670. The van der Waals surface area contributed by atoms with Crippen molar-refractivity contribution >= 4 is 84.6 Å². The minimum atomic E-state index is 0.670. The van der Waals surface area contributed by atoms with Gasteiger partial charge in [-0.2, -0.15) is 0 Å². The van der Waals surface area contributed by atoms with Gasteiger partial charge in [-0.05, 0) is 45.8 Å². The summed E-state index contributed by atoms with van der Waals surface area (Å²) in [5, 5.41) is 9.86. The minimum Gasteiger partial charge on any atom is -0.208 e. The van der Waals surface area contributed by atoms with Crippen molar-refractivity contribution in [2.24, 2.45) is 0 Å². The number of benzene rings is 7. The molecule has 3 nitrogen and oxygen atoms in total. The van der Waals surface area contributed by atoms with Crippen LogP contribution in [-0.2, 0) is 0 Å². The maximum atomic E-state index is 5.32. The van der Waals surface area contributed by atoms with Gasteiger partial charge >= 0.3 is 0 Å². The Bertz CT molecular complexity index is 2640. The van der Waals surface area contributed by atoms with Gasteiger partial charge in [0.2, 0.25) is 0 Å². The average molecular weight is 622 g/mol. The first-order chi connectivity index (χ1) is 22.8. The van der Waals surface area contributed by atoms with E-state index in [4.69, 9.17) is 15.0 Å². The van der Waals surface area contributed by atoms with Crippen molar-refractivity contribution < 1.29 is 0 Å². The molecule has 0 atom stereocenters. The molecule has 214 valence electrons. The number of nitrogens with zero attached hydrogens (tertiary/aromatic N) is 3. The summed E-state index contributed by atoms with van der Waals surface area (Å²) in [5.41, 5.74) is 3.01. The van der Waals surface area contributed by atoms with Gasteiger partial charge in [-0.1, -0.05) is 115 Å². The van der Waals surface area contributed by atoms with Crippen molar-refractivity contribution in [1.29, 1.82) is 0 Å². The number of thiophene rings is 2. The molecule has 0 amide bonds. The summed E-state index contributed by atoms with van der Waals surface area (Å²) in [4.78, 5) is 15.7. The van der Waals surface area contributed by atoms with E-state index in [1.165, 1.54) is 61.9 Å². The zero-order chi connectivity index (χ0) is 30.2. The molecule has 0 aliphatic rings. The lowest BCUT2D eigenvalue weighted by molar-refractivity contribution is 1.08. The number of rotatable bonds is 3. The smallest absolute Gasteiger partial charge is 0.164 e. The maximum absolute atomic E-state index is 5.32. The van der Waals surface area contributed by atoms with Gasteiger partial charge in [0.15, 0.2) is 17.5 Å². The topological polar surface area (TPSA) is 38.7 Å². The standard InChI is InChI=1S/C41H23N3S2/c1-2-12-26(13-3-1)39-42-40(29-16-8-18-31-37(29)35-27-14-6-4-10-24(27)20-22-33(35)45-31)44-41(43-39)30-17-9-19-32-38(30)36-28-15-7-5-11-25(28)21-23-34(36)46-32/h1-23H. The summed E-state index contributed by atoms with van der Waals surface area (Å²) in [6.45, 7) is 0. The van der Waals surface area contributed by atoms with Crippen LogP contribution in [0.2, 0.25) is 0 Å². The Balaban J connectivity index is 1.31. The van der Waals surface area contributed by atoms with Gasteiger partial charge < -0.3 is 0 Å². The Labute approximate surface area is 272 Å². The van der Waals surface area contributed by atoms with Crippen LogP contribution in [0.5, 0.6) is 0 Å². The van der Waals surface area contributed by atoms with E-state index in [9.17, 15) is 0 Å². The summed E-state index contributed by atoms with van der Waals surface area (Å²) in [6, 6.07) is 49.4. The fourth-order valence-corrected chi connectivity index (χ4v) is 9.18. The van der Waals surface area contributed by atoms with Crippen molar-refractivity contribution in [2.45, 2.75) is 0 Å². The van der Waals surface area contributed by atoms with Crippen LogP contribution in [-0.4, -0.2) is 15.0 Å². The molecule has 0 aliphatic heterocycles. The molecule has 7 aromatic carbocycles. The third kappa shape index (κ3) is 3.86. The van der Waals surface area contributed by atoms with E-state index in [1.807, 2.05) is 40.9 Å².